The van der Waals surface area contributed by atoms with E-state index in [2.05, 4.69) is 21.9 Å². The highest BCUT2D eigenvalue weighted by atomic mass is 32.2. The van der Waals surface area contributed by atoms with Gasteiger partial charge in [-0.05, 0) is 55.9 Å². The van der Waals surface area contributed by atoms with Crippen LogP contribution < -0.4 is 15.4 Å². The van der Waals surface area contributed by atoms with Crippen LogP contribution in [0.25, 0.3) is 0 Å². The van der Waals surface area contributed by atoms with Gasteiger partial charge in [-0.1, -0.05) is 57.2 Å². The quantitative estimate of drug-likeness (QED) is 0.311. The molecule has 0 radical (unpaired) electrons. The maximum absolute atomic E-state index is 14.3. The minimum atomic E-state index is -3.84. The monoisotopic (exact) mass is 643 g/mol. The van der Waals surface area contributed by atoms with Crippen molar-refractivity contribution < 1.29 is 32.3 Å². The molecule has 3 saturated carbocycles. The summed E-state index contributed by atoms with van der Waals surface area (Å²) in [6, 6.07) is 7.63. The van der Waals surface area contributed by atoms with Crippen molar-refractivity contribution in [2.45, 2.75) is 101 Å². The van der Waals surface area contributed by atoms with E-state index in [0.717, 1.165) is 31.2 Å². The fourth-order valence-electron chi connectivity index (χ4n) is 6.26. The summed E-state index contributed by atoms with van der Waals surface area (Å²) in [6.07, 6.45) is 5.38. The smallest absolute Gasteiger partial charge is 0.408 e. The average Bonchev–Trinajstić information content (AvgIpc) is 3.86. The molecule has 0 bridgehead atoms. The zero-order valence-electron chi connectivity index (χ0n) is 26.3. The van der Waals surface area contributed by atoms with Gasteiger partial charge in [0.15, 0.2) is 0 Å². The Morgan fingerprint density at radius 1 is 1.09 bits per heavy atom. The average molecular weight is 644 g/mol. The molecule has 4 amide bonds. The number of ether oxygens (including phenoxy) is 1. The fraction of sp³-hybridized carbons (Fsp3) is 0.625. The summed E-state index contributed by atoms with van der Waals surface area (Å²) in [5.74, 6) is -2.29. The highest BCUT2D eigenvalue weighted by molar-refractivity contribution is 7.91. The van der Waals surface area contributed by atoms with E-state index in [9.17, 15) is 27.6 Å². The molecule has 4 fully saturated rings. The molecule has 1 aromatic carbocycles. The summed E-state index contributed by atoms with van der Waals surface area (Å²) in [6.45, 7) is 10.00. The molecule has 246 valence electrons. The first-order valence-corrected chi connectivity index (χ1v) is 17.3. The van der Waals surface area contributed by atoms with Crippen LogP contribution in [0.5, 0.6) is 0 Å². The molecule has 4 atom stereocenters. The summed E-state index contributed by atoms with van der Waals surface area (Å²) in [5, 5.41) is 4.98. The molecule has 1 heterocycles. The van der Waals surface area contributed by atoms with Gasteiger partial charge in [0.25, 0.3) is 5.91 Å². The molecular weight excluding hydrogens is 598 g/mol. The predicted molar refractivity (Wildman–Crippen MR) is 167 cm³/mol. The van der Waals surface area contributed by atoms with Gasteiger partial charge in [-0.2, -0.15) is 0 Å². The lowest BCUT2D eigenvalue weighted by atomic mass is 9.85. The Balaban J connectivity index is 1.37. The minimum absolute atomic E-state index is 0.109. The first-order chi connectivity index (χ1) is 21.2. The number of nitrogens with one attached hydrogen (secondary N) is 3. The second-order valence-electron chi connectivity index (χ2n) is 13.9. The van der Waals surface area contributed by atoms with E-state index in [0.29, 0.717) is 19.4 Å². The van der Waals surface area contributed by atoms with Crippen molar-refractivity contribution in [3.8, 4) is 0 Å². The van der Waals surface area contributed by atoms with Crippen LogP contribution in [0.2, 0.25) is 0 Å². The van der Waals surface area contributed by atoms with Crippen LogP contribution in [0.4, 0.5) is 4.79 Å². The van der Waals surface area contributed by atoms with Gasteiger partial charge in [0.1, 0.15) is 23.7 Å². The molecular formula is C32H45N5O7S. The van der Waals surface area contributed by atoms with E-state index in [4.69, 9.17) is 4.74 Å². The van der Waals surface area contributed by atoms with E-state index in [-0.39, 0.29) is 25.7 Å². The number of alkyl carbamates (subject to hydrolysis) is 1. The highest BCUT2D eigenvalue weighted by Crippen LogP contribution is 2.45. The molecule has 3 aliphatic carbocycles. The fourth-order valence-corrected chi connectivity index (χ4v) is 7.63. The van der Waals surface area contributed by atoms with Gasteiger partial charge in [-0.3, -0.25) is 24.0 Å². The van der Waals surface area contributed by atoms with E-state index >= 15 is 0 Å². The molecule has 1 saturated heterocycles. The van der Waals surface area contributed by atoms with E-state index in [1.54, 1.807) is 0 Å². The molecule has 13 heteroatoms. The summed E-state index contributed by atoms with van der Waals surface area (Å²) in [7, 11) is -3.84. The Bertz CT molecular complexity index is 1420. The van der Waals surface area contributed by atoms with Crippen molar-refractivity contribution in [1.82, 2.24) is 25.2 Å². The van der Waals surface area contributed by atoms with Crippen molar-refractivity contribution in [3.63, 3.8) is 0 Å². The zero-order valence-corrected chi connectivity index (χ0v) is 27.1. The number of rotatable bonds is 11. The summed E-state index contributed by atoms with van der Waals surface area (Å²) < 4.78 is 32.9. The Kier molecular flexibility index (Phi) is 9.33. The van der Waals surface area contributed by atoms with Crippen LogP contribution in [0, 0.1) is 11.3 Å². The van der Waals surface area contributed by atoms with Crippen molar-refractivity contribution in [3.05, 3.63) is 48.6 Å². The van der Waals surface area contributed by atoms with Gasteiger partial charge in [0.05, 0.1) is 11.9 Å². The van der Waals surface area contributed by atoms with E-state index in [1.807, 2.05) is 56.0 Å². The number of hydrogen-bond donors (Lipinski definition) is 3. The summed E-state index contributed by atoms with van der Waals surface area (Å²) in [4.78, 5) is 57.9. The van der Waals surface area contributed by atoms with Gasteiger partial charge < -0.3 is 20.3 Å². The second-order valence-corrected chi connectivity index (χ2v) is 15.9. The number of benzene rings is 1. The normalized spacial score (nSPS) is 26.2. The van der Waals surface area contributed by atoms with Crippen LogP contribution in [0.3, 0.4) is 0 Å². The van der Waals surface area contributed by atoms with Crippen LogP contribution in [-0.2, 0) is 35.7 Å². The number of nitrogens with zero attached hydrogens (tertiary/aromatic N) is 2. The number of amides is 4. The molecule has 45 heavy (non-hydrogen) atoms. The largest absolute Gasteiger partial charge is 0.446 e. The zero-order chi connectivity index (χ0) is 32.6. The van der Waals surface area contributed by atoms with Crippen LogP contribution in [0.15, 0.2) is 43.0 Å². The lowest BCUT2D eigenvalue weighted by molar-refractivity contribution is -0.142. The molecule has 0 spiro atoms. The number of sulfonamides is 1. The van der Waals surface area contributed by atoms with E-state index in [1.165, 1.54) is 11.0 Å². The number of carbonyl (C=O) groups excluding carboxylic acids is 4. The molecule has 5 rings (SSSR count). The summed E-state index contributed by atoms with van der Waals surface area (Å²) >= 11 is 0. The van der Waals surface area contributed by atoms with Crippen molar-refractivity contribution >= 4 is 33.8 Å². The Morgan fingerprint density at radius 2 is 1.76 bits per heavy atom. The summed E-state index contributed by atoms with van der Waals surface area (Å²) in [5.41, 5.74) is -1.20. The Morgan fingerprint density at radius 3 is 2.33 bits per heavy atom. The molecule has 1 aromatic rings. The number of carbonyl (C=O) groups is 4. The maximum atomic E-state index is 14.3. The maximum Gasteiger partial charge on any atom is 0.408 e. The van der Waals surface area contributed by atoms with Crippen molar-refractivity contribution in [2.75, 3.05) is 13.2 Å². The van der Waals surface area contributed by atoms with Crippen LogP contribution >= 0.6 is 0 Å². The second kappa shape index (κ2) is 12.7. The highest BCUT2D eigenvalue weighted by Gasteiger charge is 2.62. The van der Waals surface area contributed by atoms with Gasteiger partial charge in [0.2, 0.25) is 21.8 Å². The Labute approximate surface area is 265 Å². The van der Waals surface area contributed by atoms with Gasteiger partial charge in [0, 0.05) is 19.0 Å². The molecule has 12 nitrogen and oxygen atoms in total. The third-order valence-electron chi connectivity index (χ3n) is 9.19. The SMILES string of the molecule is C=C[C@@H]1C[C@]1(NC(=O)[C@@H]1CN(Cc2ccccc2)CN1C(=O)[C@@H](NC(=O)OC1CCCC1)C(C)(C)C)C(=O)NS(=O)(=O)C1CC1. The molecule has 1 aliphatic heterocycles. The van der Waals surface area contributed by atoms with Crippen molar-refractivity contribution in [2.24, 2.45) is 11.3 Å². The molecule has 0 unspecified atom stereocenters. The standard InChI is InChI=1S/C32H45N5O7S/c1-5-22-17-32(22,29(40)35-45(42,43)24-15-16-24)34-27(38)25-19-36(18-21-11-7-6-8-12-21)20-37(25)28(39)26(31(2,3)4)33-30(41)44-23-13-9-10-14-23/h5-8,11-12,22-26H,1,9-10,13-20H2,2-4H3,(H,33,41)(H,34,38)(H,35,40)/t22-,25+,26-,32-/m1/s1. The van der Waals surface area contributed by atoms with Crippen LogP contribution in [0.1, 0.15) is 71.3 Å². The van der Waals surface area contributed by atoms with Gasteiger partial charge in [-0.25, -0.2) is 13.2 Å². The predicted octanol–water partition coefficient (Wildman–Crippen LogP) is 2.41. The lowest BCUT2D eigenvalue weighted by Gasteiger charge is -2.35. The number of hydrogen-bond acceptors (Lipinski definition) is 8. The molecule has 4 aliphatic rings. The first-order valence-electron chi connectivity index (χ1n) is 15.8. The third kappa shape index (κ3) is 7.51. The Hall–Kier alpha value is -3.45. The van der Waals surface area contributed by atoms with E-state index < -0.39 is 68.0 Å². The van der Waals surface area contributed by atoms with Gasteiger partial charge in [-0.15, -0.1) is 6.58 Å². The third-order valence-corrected chi connectivity index (χ3v) is 11.0. The minimum Gasteiger partial charge on any atom is -0.446 e. The van der Waals surface area contributed by atoms with Crippen molar-refractivity contribution in [1.29, 1.82) is 0 Å². The lowest BCUT2D eigenvalue weighted by Crippen LogP contribution is -2.60. The first kappa shape index (κ1) is 32.9. The molecule has 3 N–H and O–H groups in total. The van der Waals surface area contributed by atoms with Gasteiger partial charge >= 0.3 is 6.09 Å². The molecule has 0 aromatic heterocycles. The van der Waals surface area contributed by atoms with Crippen LogP contribution in [-0.4, -0.2) is 84.2 Å². The topological polar surface area (TPSA) is 154 Å².